The van der Waals surface area contributed by atoms with Crippen molar-refractivity contribution in [2.24, 2.45) is 0 Å². The summed E-state index contributed by atoms with van der Waals surface area (Å²) < 4.78 is 95.5. The summed E-state index contributed by atoms with van der Waals surface area (Å²) in [6.07, 6.45) is -68.6. The molecule has 110 heavy (non-hydrogen) atoms. The van der Waals surface area contributed by atoms with Crippen LogP contribution >= 0.6 is 0 Å². The zero-order valence-corrected chi connectivity index (χ0v) is 61.6. The molecule has 8 fully saturated rings. The molecule has 8 saturated heterocycles. The molecule has 8 heterocycles. The zero-order chi connectivity index (χ0) is 81.0. The van der Waals surface area contributed by atoms with Crippen molar-refractivity contribution in [1.82, 2.24) is 21.3 Å². The van der Waals surface area contributed by atoms with Gasteiger partial charge in [-0.25, -0.2) is 0 Å². The Kier molecular flexibility index (Phi) is 34.9. The molecule has 636 valence electrons. The van der Waals surface area contributed by atoms with Crippen molar-refractivity contribution in [3.8, 4) is 0 Å². The van der Waals surface area contributed by atoms with Gasteiger partial charge in [-0.05, 0) is 53.9 Å². The second-order valence-corrected chi connectivity index (χ2v) is 28.7. The molecule has 8 aliphatic heterocycles. The van der Waals surface area contributed by atoms with Crippen molar-refractivity contribution in [3.05, 3.63) is 0 Å². The first kappa shape index (κ1) is 91.7. The third-order valence-electron chi connectivity index (χ3n) is 20.3. The Morgan fingerprint density at radius 1 is 0.300 bits per heavy atom. The molecule has 4 amide bonds. The third-order valence-corrected chi connectivity index (χ3v) is 20.3. The summed E-state index contributed by atoms with van der Waals surface area (Å²) in [5.41, 5.74) is 0. The minimum atomic E-state index is -2.26. The molecule has 0 saturated carbocycles. The quantitative estimate of drug-likeness (QED) is 0.0266. The van der Waals surface area contributed by atoms with Crippen LogP contribution in [0.2, 0.25) is 0 Å². The predicted molar refractivity (Wildman–Crippen MR) is 355 cm³/mol. The summed E-state index contributed by atoms with van der Waals surface area (Å²) in [4.78, 5) is 61.7. The molecule has 0 spiro atoms. The van der Waals surface area contributed by atoms with Crippen LogP contribution in [0.4, 0.5) is 0 Å². The van der Waals surface area contributed by atoms with Crippen LogP contribution in [0.3, 0.4) is 0 Å². The highest BCUT2D eigenvalue weighted by atomic mass is 16.8. The molecule has 0 aromatic rings. The molecule has 23 N–H and O–H groups in total. The number of aliphatic hydroxyl groups is 19. The van der Waals surface area contributed by atoms with Crippen LogP contribution in [-0.4, -0.2) is 418 Å². The van der Waals surface area contributed by atoms with Gasteiger partial charge in [0.2, 0.25) is 23.6 Å². The average Bonchev–Trinajstić information content (AvgIpc) is 0.770. The topological polar surface area (TPSA) is 666 Å². The number of unbranched alkanes of at least 4 members (excludes halogenated alkanes) is 2. The molecule has 0 aromatic heterocycles. The van der Waals surface area contributed by atoms with E-state index in [-0.39, 0.29) is 50.1 Å². The maximum absolute atomic E-state index is 13.1. The zero-order valence-electron chi connectivity index (χ0n) is 61.6. The number of amides is 4. The Balaban J connectivity index is 0.952. The van der Waals surface area contributed by atoms with Crippen LogP contribution in [0.25, 0.3) is 0 Å². The van der Waals surface area contributed by atoms with E-state index < -0.39 is 284 Å². The van der Waals surface area contributed by atoms with E-state index in [0.717, 1.165) is 13.8 Å². The van der Waals surface area contributed by atoms with Crippen LogP contribution in [0.15, 0.2) is 0 Å². The number of ketones is 1. The van der Waals surface area contributed by atoms with Crippen molar-refractivity contribution in [2.45, 2.75) is 339 Å². The van der Waals surface area contributed by atoms with Gasteiger partial charge in [-0.3, -0.25) is 19.2 Å². The van der Waals surface area contributed by atoms with Crippen LogP contribution < -0.4 is 21.3 Å². The maximum atomic E-state index is 13.1. The number of carbonyl (C=O) groups is 5. The molecule has 0 aliphatic carbocycles. The fourth-order valence-electron chi connectivity index (χ4n) is 14.0. The van der Waals surface area contributed by atoms with Gasteiger partial charge in [0, 0.05) is 52.8 Å². The standard InChI is InChI=1S/C66H112N4O40/c1-22(75)12-11-14-34(79)68-16-15-67-33(78)13-9-8-10-17-95-61-49(92)54(38(81)24(3)96-61)106-59-35(69-27(6)76)52(43(86)31(20-73)100-59)105-66-58(47(90)42(85)30(19-72)103-66)110-64-51(94)56(40(83)26(5)99-64)108-63-50(93)55(39(82)25(4)98-63)107-60-36(70-28(7)77)53(44(87)32(21-74)101-60)104-65-57(46(89)41(84)29(18-71)102-65)109-62-48(91)45(88)37(80)23(2)97-62/h23-26,29-32,35-66,71-74,80-94H,8-21H2,1-7H3,(H,67,78)(H,68,79)(H,69,76)(H,70,77)/t23-,24-,25-,26-,29+,30+,31+,32+,35+,36+,37-,38-,39-,40-,41+,42+,43+,44+,45+,46-,47-,48+,49+,50+,51+,52+,53+,54+,55+,56+,57+,58+,59+,60+,61+,62-,63-,64-,65+,66+/m0/s1. The molecule has 0 radical (unpaired) electrons. The minimum absolute atomic E-state index is 0.0213. The fraction of sp³-hybridized carbons (Fsp3) is 0.924. The van der Waals surface area contributed by atoms with Crippen LogP contribution in [0.5, 0.6) is 0 Å². The first-order chi connectivity index (χ1) is 52.0. The molecule has 8 rings (SSSR count). The Morgan fingerprint density at radius 3 is 1.02 bits per heavy atom. The van der Waals surface area contributed by atoms with Crippen LogP contribution in [0, 0.1) is 0 Å². The number of hydrogen-bond donors (Lipinski definition) is 23. The van der Waals surface area contributed by atoms with Crippen molar-refractivity contribution < 1.29 is 197 Å². The molecule has 8 aliphatic rings. The number of nitrogens with one attached hydrogen (secondary N) is 4. The lowest BCUT2D eigenvalue weighted by Gasteiger charge is -2.51. The number of Topliss-reactive ketones (excluding diaryl/α,β-unsaturated/α-hetero) is 1. The Hall–Kier alpha value is -3.85. The van der Waals surface area contributed by atoms with Crippen molar-refractivity contribution in [2.75, 3.05) is 46.1 Å². The first-order valence-electron chi connectivity index (χ1n) is 36.7. The lowest BCUT2D eigenvalue weighted by atomic mass is 9.94. The molecule has 44 heteroatoms. The van der Waals surface area contributed by atoms with Gasteiger partial charge < -0.3 is 199 Å². The highest BCUT2D eigenvalue weighted by Gasteiger charge is 2.60. The highest BCUT2D eigenvalue weighted by molar-refractivity contribution is 5.79. The van der Waals surface area contributed by atoms with Gasteiger partial charge in [-0.2, -0.15) is 0 Å². The average molecular weight is 1600 g/mol. The van der Waals surface area contributed by atoms with E-state index in [9.17, 15) is 121 Å². The van der Waals surface area contributed by atoms with Gasteiger partial charge in [-0.15, -0.1) is 0 Å². The normalized spacial score (nSPS) is 45.3. The Labute approximate surface area is 630 Å². The second kappa shape index (κ2) is 41.8. The summed E-state index contributed by atoms with van der Waals surface area (Å²) in [7, 11) is 0. The van der Waals surface area contributed by atoms with Gasteiger partial charge in [0.15, 0.2) is 50.3 Å². The predicted octanol–water partition coefficient (Wildman–Crippen LogP) is -12.5. The first-order valence-corrected chi connectivity index (χ1v) is 36.7. The molecule has 44 nitrogen and oxygen atoms in total. The summed E-state index contributed by atoms with van der Waals surface area (Å²) in [5, 5.41) is 224. The molecule has 40 atom stereocenters. The minimum Gasteiger partial charge on any atom is -0.394 e. The number of rotatable bonds is 34. The molecule has 0 bridgehead atoms. The van der Waals surface area contributed by atoms with Gasteiger partial charge in [0.05, 0.1) is 50.8 Å². The lowest BCUT2D eigenvalue weighted by molar-refractivity contribution is -0.398. The van der Waals surface area contributed by atoms with E-state index in [1.165, 1.54) is 34.6 Å². The van der Waals surface area contributed by atoms with E-state index in [2.05, 4.69) is 21.3 Å². The number of aliphatic hydroxyl groups excluding tert-OH is 19. The molecular weight excluding hydrogens is 1490 g/mol. The van der Waals surface area contributed by atoms with E-state index >= 15 is 0 Å². The smallest absolute Gasteiger partial charge is 0.220 e. The van der Waals surface area contributed by atoms with Crippen LogP contribution in [0.1, 0.15) is 93.4 Å². The van der Waals surface area contributed by atoms with Gasteiger partial charge in [0.25, 0.3) is 0 Å². The summed E-state index contributed by atoms with van der Waals surface area (Å²) in [5.74, 6) is -2.24. The summed E-state index contributed by atoms with van der Waals surface area (Å²) in [6, 6.07) is -3.56. The number of hydrogen-bond acceptors (Lipinski definition) is 40. The Bertz CT molecular complexity index is 2870. The number of carbonyl (C=O) groups excluding carboxylic acids is 5. The van der Waals surface area contributed by atoms with E-state index in [4.69, 9.17) is 75.8 Å². The van der Waals surface area contributed by atoms with E-state index in [1.54, 1.807) is 0 Å². The summed E-state index contributed by atoms with van der Waals surface area (Å²) in [6.45, 7) is 5.04. The van der Waals surface area contributed by atoms with E-state index in [0.29, 0.717) is 32.1 Å². The largest absolute Gasteiger partial charge is 0.394 e. The van der Waals surface area contributed by atoms with Gasteiger partial charge in [0.1, 0.15) is 177 Å². The van der Waals surface area contributed by atoms with Gasteiger partial charge in [-0.1, -0.05) is 6.42 Å². The summed E-state index contributed by atoms with van der Waals surface area (Å²) >= 11 is 0. The van der Waals surface area contributed by atoms with Gasteiger partial charge >= 0.3 is 0 Å². The van der Waals surface area contributed by atoms with Crippen molar-refractivity contribution in [1.29, 1.82) is 0 Å². The van der Waals surface area contributed by atoms with Crippen LogP contribution in [-0.2, 0) is 99.8 Å². The SMILES string of the molecule is CC(=O)CCCC(=O)NCCNC(=O)CCCCCO[C@@H]1O[C@@H](C)[C@H](O)[C@@H](O[C@H]2O[C@H](CO)[C@@H](O)[C@H](O[C@H]3O[C@H](CO)[C@@H](O)[C@H](O)[C@H]3O[C@@H]3O[C@@H](C)[C@H](O)[C@@H](O[C@@H]4O[C@@H](C)[C@H](O)[C@@H](O[C@H]5O[C@H](CO)[C@@H](O)[C@H](O[C@H]6O[C@H](CO)[C@@H](O)[C@H](O)[C@H]6O[C@@H]6O[C@@H](C)[C@H](O)[C@@H](O)[C@H]6O)[C@H]5NC(C)=O)[C@H]4O)[C@H]3O)[C@H]2NC(C)=O)[C@H]1O. The van der Waals surface area contributed by atoms with Crippen molar-refractivity contribution in [3.63, 3.8) is 0 Å². The maximum Gasteiger partial charge on any atom is 0.220 e. The monoisotopic (exact) mass is 1600 g/mol. The molecule has 0 unspecified atom stereocenters. The molecular formula is C66H112N4O40. The third kappa shape index (κ3) is 22.5. The number of ether oxygens (including phenoxy) is 16. The highest BCUT2D eigenvalue weighted by Crippen LogP contribution is 2.40. The Morgan fingerprint density at radius 2 is 0.627 bits per heavy atom. The molecule has 0 aromatic carbocycles. The van der Waals surface area contributed by atoms with Crippen molar-refractivity contribution >= 4 is 29.4 Å². The fourth-order valence-corrected chi connectivity index (χ4v) is 14.0. The van der Waals surface area contributed by atoms with E-state index in [1.807, 2.05) is 0 Å². The lowest BCUT2D eigenvalue weighted by Crippen LogP contribution is -2.70. The second-order valence-electron chi connectivity index (χ2n) is 28.7.